The number of carboxylic acid groups (broad SMARTS) is 1. The quantitative estimate of drug-likeness (QED) is 0.631. The lowest BCUT2D eigenvalue weighted by Crippen LogP contribution is -2.44. The van der Waals surface area contributed by atoms with Gasteiger partial charge in [-0.2, -0.15) is 0 Å². The fraction of sp³-hybridized carbons (Fsp3) is 0.636. The summed E-state index contributed by atoms with van der Waals surface area (Å²) in [5.41, 5.74) is 0. The van der Waals surface area contributed by atoms with Crippen LogP contribution >= 0.6 is 0 Å². The normalized spacial score (nSPS) is 14.0. The lowest BCUT2D eigenvalue weighted by molar-refractivity contribution is -0.143. The molecular weight excluding hydrogens is 194 g/mol. The van der Waals surface area contributed by atoms with Crippen molar-refractivity contribution >= 4 is 11.9 Å². The minimum atomic E-state index is -0.976. The first kappa shape index (κ1) is 13.7. The van der Waals surface area contributed by atoms with Gasteiger partial charge in [0.25, 0.3) is 0 Å². The number of nitrogens with one attached hydrogen (secondary N) is 1. The molecular formula is C11H19NO3. The number of aliphatic carboxylic acids is 1. The van der Waals surface area contributed by atoms with Crippen molar-refractivity contribution in [3.8, 4) is 0 Å². The van der Waals surface area contributed by atoms with E-state index in [1.54, 1.807) is 6.08 Å². The summed E-state index contributed by atoms with van der Waals surface area (Å²) in [7, 11) is 0. The van der Waals surface area contributed by atoms with Crippen molar-refractivity contribution < 1.29 is 14.7 Å². The Morgan fingerprint density at radius 3 is 2.53 bits per heavy atom. The summed E-state index contributed by atoms with van der Waals surface area (Å²) in [6.07, 6.45) is 3.22. The SMILES string of the molecule is C=CCCC(=O)N[C@H](C(=O)O)[C@@H](C)CC. The third kappa shape index (κ3) is 5.20. The van der Waals surface area contributed by atoms with Gasteiger partial charge in [0, 0.05) is 6.42 Å². The van der Waals surface area contributed by atoms with Gasteiger partial charge in [0.1, 0.15) is 6.04 Å². The van der Waals surface area contributed by atoms with Crippen molar-refractivity contribution in [2.24, 2.45) is 5.92 Å². The highest BCUT2D eigenvalue weighted by Crippen LogP contribution is 2.08. The van der Waals surface area contributed by atoms with E-state index in [1.807, 2.05) is 13.8 Å². The summed E-state index contributed by atoms with van der Waals surface area (Å²) in [4.78, 5) is 22.2. The van der Waals surface area contributed by atoms with Crippen LogP contribution < -0.4 is 5.32 Å². The first-order valence-electron chi connectivity index (χ1n) is 5.16. The van der Waals surface area contributed by atoms with Gasteiger partial charge in [0.2, 0.25) is 5.91 Å². The van der Waals surface area contributed by atoms with Gasteiger partial charge in [0.05, 0.1) is 0 Å². The van der Waals surface area contributed by atoms with Gasteiger partial charge in [-0.1, -0.05) is 26.3 Å². The van der Waals surface area contributed by atoms with E-state index in [2.05, 4.69) is 11.9 Å². The fourth-order valence-electron chi connectivity index (χ4n) is 1.16. The lowest BCUT2D eigenvalue weighted by Gasteiger charge is -2.19. The number of hydrogen-bond donors (Lipinski definition) is 2. The molecule has 0 unspecified atom stereocenters. The smallest absolute Gasteiger partial charge is 0.326 e. The average molecular weight is 213 g/mol. The molecule has 86 valence electrons. The van der Waals surface area contributed by atoms with E-state index >= 15 is 0 Å². The first-order chi connectivity index (χ1) is 7.02. The van der Waals surface area contributed by atoms with Crippen molar-refractivity contribution in [3.63, 3.8) is 0 Å². The zero-order chi connectivity index (χ0) is 11.8. The largest absolute Gasteiger partial charge is 0.480 e. The lowest BCUT2D eigenvalue weighted by atomic mass is 9.99. The zero-order valence-corrected chi connectivity index (χ0v) is 9.32. The van der Waals surface area contributed by atoms with Gasteiger partial charge in [-0.05, 0) is 12.3 Å². The molecule has 0 radical (unpaired) electrons. The van der Waals surface area contributed by atoms with Gasteiger partial charge in [-0.3, -0.25) is 4.79 Å². The highest BCUT2D eigenvalue weighted by atomic mass is 16.4. The van der Waals surface area contributed by atoms with E-state index in [0.717, 1.165) is 6.42 Å². The second-order valence-electron chi connectivity index (χ2n) is 3.60. The highest BCUT2D eigenvalue weighted by molar-refractivity contribution is 5.83. The number of amides is 1. The highest BCUT2D eigenvalue weighted by Gasteiger charge is 2.24. The monoisotopic (exact) mass is 213 g/mol. The first-order valence-corrected chi connectivity index (χ1v) is 5.16. The molecule has 1 amide bonds. The Morgan fingerprint density at radius 1 is 1.53 bits per heavy atom. The molecule has 0 fully saturated rings. The predicted molar refractivity (Wildman–Crippen MR) is 58.5 cm³/mol. The molecule has 2 N–H and O–H groups in total. The van der Waals surface area contributed by atoms with Gasteiger partial charge in [-0.25, -0.2) is 4.79 Å². The minimum absolute atomic E-state index is 0.0600. The molecule has 15 heavy (non-hydrogen) atoms. The summed E-state index contributed by atoms with van der Waals surface area (Å²) in [5.74, 6) is -1.27. The number of allylic oxidation sites excluding steroid dienone is 1. The molecule has 0 saturated heterocycles. The molecule has 0 aromatic heterocycles. The molecule has 2 atom stereocenters. The number of rotatable bonds is 7. The van der Waals surface area contributed by atoms with E-state index in [-0.39, 0.29) is 11.8 Å². The minimum Gasteiger partial charge on any atom is -0.480 e. The van der Waals surface area contributed by atoms with E-state index in [4.69, 9.17) is 5.11 Å². The standard InChI is InChI=1S/C11H19NO3/c1-4-6-7-9(13)12-10(11(14)15)8(3)5-2/h4,8,10H,1,5-7H2,2-3H3,(H,12,13)(H,14,15)/t8-,10-/m0/s1. The van der Waals surface area contributed by atoms with Crippen molar-refractivity contribution in [2.45, 2.75) is 39.2 Å². The maximum absolute atomic E-state index is 11.3. The Bertz CT molecular complexity index is 238. The number of carboxylic acids is 1. The van der Waals surface area contributed by atoms with Crippen molar-refractivity contribution in [2.75, 3.05) is 0 Å². The van der Waals surface area contributed by atoms with Crippen LogP contribution in [0.25, 0.3) is 0 Å². The molecule has 0 saturated carbocycles. The van der Waals surface area contributed by atoms with E-state index < -0.39 is 12.0 Å². The van der Waals surface area contributed by atoms with E-state index in [9.17, 15) is 9.59 Å². The van der Waals surface area contributed by atoms with Crippen LogP contribution in [-0.2, 0) is 9.59 Å². The zero-order valence-electron chi connectivity index (χ0n) is 9.32. The van der Waals surface area contributed by atoms with Crippen LogP contribution in [0.5, 0.6) is 0 Å². The molecule has 0 aliphatic heterocycles. The van der Waals surface area contributed by atoms with Crippen molar-refractivity contribution in [1.82, 2.24) is 5.32 Å². The van der Waals surface area contributed by atoms with Crippen LogP contribution in [0.4, 0.5) is 0 Å². The van der Waals surface area contributed by atoms with Crippen LogP contribution in [0.15, 0.2) is 12.7 Å². The molecule has 0 aromatic rings. The Morgan fingerprint density at radius 2 is 2.13 bits per heavy atom. The third-order valence-corrected chi connectivity index (χ3v) is 2.37. The van der Waals surface area contributed by atoms with E-state index in [0.29, 0.717) is 12.8 Å². The summed E-state index contributed by atoms with van der Waals surface area (Å²) in [6, 6.07) is -0.785. The van der Waals surface area contributed by atoms with Gasteiger partial charge in [-0.15, -0.1) is 6.58 Å². The average Bonchev–Trinajstić information content (AvgIpc) is 2.21. The van der Waals surface area contributed by atoms with E-state index in [1.165, 1.54) is 0 Å². The Balaban J connectivity index is 4.22. The molecule has 0 aliphatic rings. The second kappa shape index (κ2) is 7.04. The van der Waals surface area contributed by atoms with Crippen LogP contribution in [0.1, 0.15) is 33.1 Å². The van der Waals surface area contributed by atoms with Gasteiger partial charge in [0.15, 0.2) is 0 Å². The van der Waals surface area contributed by atoms with Crippen molar-refractivity contribution in [3.05, 3.63) is 12.7 Å². The van der Waals surface area contributed by atoms with Gasteiger partial charge < -0.3 is 10.4 Å². The third-order valence-electron chi connectivity index (χ3n) is 2.37. The van der Waals surface area contributed by atoms with Crippen LogP contribution in [0.3, 0.4) is 0 Å². The summed E-state index contributed by atoms with van der Waals surface area (Å²) in [6.45, 7) is 7.21. The topological polar surface area (TPSA) is 66.4 Å². The molecule has 0 aromatic carbocycles. The summed E-state index contributed by atoms with van der Waals surface area (Å²) >= 11 is 0. The van der Waals surface area contributed by atoms with Crippen LogP contribution in [-0.4, -0.2) is 23.0 Å². The molecule has 0 spiro atoms. The molecule has 0 rings (SSSR count). The summed E-state index contributed by atoms with van der Waals surface area (Å²) < 4.78 is 0. The second-order valence-corrected chi connectivity index (χ2v) is 3.60. The maximum Gasteiger partial charge on any atom is 0.326 e. The predicted octanol–water partition coefficient (Wildman–Crippen LogP) is 1.57. The molecule has 0 bridgehead atoms. The fourth-order valence-corrected chi connectivity index (χ4v) is 1.16. The van der Waals surface area contributed by atoms with Crippen molar-refractivity contribution in [1.29, 1.82) is 0 Å². The molecule has 4 heteroatoms. The molecule has 0 aliphatic carbocycles. The summed E-state index contributed by atoms with van der Waals surface area (Å²) in [5, 5.41) is 11.4. The van der Waals surface area contributed by atoms with Crippen LogP contribution in [0.2, 0.25) is 0 Å². The number of hydrogen-bond acceptors (Lipinski definition) is 2. The number of carbonyl (C=O) groups excluding carboxylic acids is 1. The Hall–Kier alpha value is -1.32. The van der Waals surface area contributed by atoms with Gasteiger partial charge >= 0.3 is 5.97 Å². The number of carbonyl (C=O) groups is 2. The maximum atomic E-state index is 11.3. The molecule has 0 heterocycles. The molecule has 4 nitrogen and oxygen atoms in total. The Labute approximate surface area is 90.4 Å². The Kier molecular flexibility index (Phi) is 6.42. The van der Waals surface area contributed by atoms with Crippen LogP contribution in [0, 0.1) is 5.92 Å².